The first-order valence-electron chi connectivity index (χ1n) is 4.91. The second kappa shape index (κ2) is 5.72. The van der Waals surface area contributed by atoms with E-state index < -0.39 is 29.5 Å². The van der Waals surface area contributed by atoms with E-state index in [0.717, 1.165) is 0 Å². The van der Waals surface area contributed by atoms with E-state index in [2.05, 4.69) is 9.97 Å². The maximum atomic E-state index is 11.9. The molecule has 1 aromatic rings. The number of hydrogen-bond acceptors (Lipinski definition) is 3. The highest BCUT2D eigenvalue weighted by Crippen LogP contribution is 2.30. The second-order valence-electron chi connectivity index (χ2n) is 4.43. The van der Waals surface area contributed by atoms with Crippen LogP contribution in [-0.2, 0) is 12.4 Å². The third-order valence-corrected chi connectivity index (χ3v) is 1.20. The first-order chi connectivity index (χ1) is 8.21. The monoisotopic (exact) mass is 290 g/mol. The molecule has 0 atom stereocenters. The Labute approximate surface area is 105 Å². The first kappa shape index (κ1) is 17.6. The molecule has 0 aliphatic rings. The normalized spacial score (nSPS) is 12.7. The van der Waals surface area contributed by atoms with Crippen LogP contribution in [0.2, 0.25) is 0 Å². The van der Waals surface area contributed by atoms with Crippen molar-refractivity contribution in [1.82, 2.24) is 9.97 Å². The molecule has 0 amide bonds. The molecule has 0 aromatic carbocycles. The molecule has 1 heterocycles. The highest BCUT2D eigenvalue weighted by molar-refractivity contribution is 5.07. The fraction of sp³-hybridized carbons (Fsp3) is 0.600. The van der Waals surface area contributed by atoms with Gasteiger partial charge in [-0.1, -0.05) is 0 Å². The topological polar surface area (TPSA) is 46.0 Å². The number of rotatable bonds is 0. The predicted octanol–water partition coefficient (Wildman–Crippen LogP) is 3.29. The minimum atomic E-state index is -4.97. The number of aliphatic hydroxyl groups is 1. The maximum Gasteiger partial charge on any atom is 0.451 e. The molecule has 0 saturated carbocycles. The van der Waals surface area contributed by atoms with E-state index in [1.165, 1.54) is 0 Å². The standard InChI is InChI=1S/C6H2F6N2.C4H10O/c7-5(8,9)3-1-2-13-4(14-3)6(10,11)12;1-4(2,3)5/h1-2H;5H,1-3H3. The minimum absolute atomic E-state index is 0.370. The van der Waals surface area contributed by atoms with Gasteiger partial charge in [0.15, 0.2) is 0 Å². The van der Waals surface area contributed by atoms with Gasteiger partial charge in [-0.3, -0.25) is 0 Å². The fourth-order valence-electron chi connectivity index (χ4n) is 0.653. The molecule has 19 heavy (non-hydrogen) atoms. The molecule has 0 aliphatic heterocycles. The van der Waals surface area contributed by atoms with E-state index in [1.807, 2.05) is 0 Å². The average Bonchev–Trinajstić information content (AvgIpc) is 2.12. The molecule has 3 nitrogen and oxygen atoms in total. The van der Waals surface area contributed by atoms with Gasteiger partial charge in [0.1, 0.15) is 5.69 Å². The third kappa shape index (κ3) is 8.36. The molecule has 0 saturated heterocycles. The Morgan fingerprint density at radius 2 is 1.37 bits per heavy atom. The zero-order valence-corrected chi connectivity index (χ0v) is 10.3. The van der Waals surface area contributed by atoms with Crippen LogP contribution in [0, 0.1) is 0 Å². The predicted molar refractivity (Wildman–Crippen MR) is 54.0 cm³/mol. The van der Waals surface area contributed by atoms with Crippen molar-refractivity contribution >= 4 is 0 Å². The lowest BCUT2D eigenvalue weighted by atomic mass is 10.2. The van der Waals surface area contributed by atoms with E-state index in [-0.39, 0.29) is 0 Å². The summed E-state index contributed by atoms with van der Waals surface area (Å²) < 4.78 is 71.3. The molecule has 9 heteroatoms. The van der Waals surface area contributed by atoms with Gasteiger partial charge in [-0.25, -0.2) is 9.97 Å². The lowest BCUT2D eigenvalue weighted by molar-refractivity contribution is -0.152. The van der Waals surface area contributed by atoms with Crippen molar-refractivity contribution in [3.05, 3.63) is 23.8 Å². The lowest BCUT2D eigenvalue weighted by Crippen LogP contribution is -2.16. The Hall–Kier alpha value is -1.38. The summed E-state index contributed by atoms with van der Waals surface area (Å²) in [5.74, 6) is -1.80. The SMILES string of the molecule is CC(C)(C)O.FC(F)(F)c1ccnc(C(F)(F)F)n1. The zero-order valence-electron chi connectivity index (χ0n) is 10.3. The summed E-state index contributed by atoms with van der Waals surface area (Å²) in [6.07, 6.45) is -9.46. The highest BCUT2D eigenvalue weighted by atomic mass is 19.4. The Morgan fingerprint density at radius 1 is 0.947 bits per heavy atom. The summed E-state index contributed by atoms with van der Waals surface area (Å²) in [7, 11) is 0. The van der Waals surface area contributed by atoms with Crippen LogP contribution in [0.4, 0.5) is 26.3 Å². The average molecular weight is 290 g/mol. The quantitative estimate of drug-likeness (QED) is 0.746. The Morgan fingerprint density at radius 3 is 1.68 bits per heavy atom. The van der Waals surface area contributed by atoms with Crippen molar-refractivity contribution in [2.45, 2.75) is 38.7 Å². The van der Waals surface area contributed by atoms with Gasteiger partial charge in [0.25, 0.3) is 0 Å². The van der Waals surface area contributed by atoms with Crippen molar-refractivity contribution in [1.29, 1.82) is 0 Å². The Bertz CT molecular complexity index is 372. The number of hydrogen-bond donors (Lipinski definition) is 1. The highest BCUT2D eigenvalue weighted by Gasteiger charge is 2.39. The van der Waals surface area contributed by atoms with Crippen LogP contribution in [-0.4, -0.2) is 20.7 Å². The molecular formula is C10H12F6N2O. The van der Waals surface area contributed by atoms with E-state index in [9.17, 15) is 26.3 Å². The minimum Gasteiger partial charge on any atom is -0.391 e. The van der Waals surface area contributed by atoms with E-state index in [4.69, 9.17) is 5.11 Å². The van der Waals surface area contributed by atoms with Crippen molar-refractivity contribution in [3.63, 3.8) is 0 Å². The Kier molecular flexibility index (Phi) is 5.31. The number of nitrogens with zero attached hydrogens (tertiary/aromatic N) is 2. The summed E-state index contributed by atoms with van der Waals surface area (Å²) in [5.41, 5.74) is -2.11. The summed E-state index contributed by atoms with van der Waals surface area (Å²) in [6.45, 7) is 5.23. The van der Waals surface area contributed by atoms with Crippen LogP contribution in [0.15, 0.2) is 12.3 Å². The Balaban J connectivity index is 0.000000555. The van der Waals surface area contributed by atoms with Crippen molar-refractivity contribution in [2.24, 2.45) is 0 Å². The lowest BCUT2D eigenvalue weighted by Gasteiger charge is -2.08. The second-order valence-corrected chi connectivity index (χ2v) is 4.43. The van der Waals surface area contributed by atoms with Gasteiger partial charge in [0, 0.05) is 6.20 Å². The molecule has 0 aliphatic carbocycles. The van der Waals surface area contributed by atoms with Crippen LogP contribution in [0.5, 0.6) is 0 Å². The van der Waals surface area contributed by atoms with Gasteiger partial charge in [-0.05, 0) is 26.8 Å². The van der Waals surface area contributed by atoms with Crippen LogP contribution in [0.3, 0.4) is 0 Å². The molecule has 0 radical (unpaired) electrons. The van der Waals surface area contributed by atoms with Gasteiger partial charge in [-0.15, -0.1) is 0 Å². The van der Waals surface area contributed by atoms with Gasteiger partial charge < -0.3 is 5.11 Å². The van der Waals surface area contributed by atoms with E-state index in [0.29, 0.717) is 12.3 Å². The molecule has 1 aromatic heterocycles. The molecule has 0 spiro atoms. The van der Waals surface area contributed by atoms with E-state index in [1.54, 1.807) is 20.8 Å². The summed E-state index contributed by atoms with van der Waals surface area (Å²) in [4.78, 5) is 5.04. The first-order valence-corrected chi connectivity index (χ1v) is 4.91. The van der Waals surface area contributed by atoms with E-state index >= 15 is 0 Å². The number of aromatic nitrogens is 2. The summed E-state index contributed by atoms with van der Waals surface area (Å²) in [6, 6.07) is 0.370. The molecule has 1 rings (SSSR count). The van der Waals surface area contributed by atoms with Gasteiger partial charge in [0.2, 0.25) is 5.82 Å². The van der Waals surface area contributed by atoms with Crippen molar-refractivity contribution in [3.8, 4) is 0 Å². The molecule has 0 fully saturated rings. The summed E-state index contributed by atoms with van der Waals surface area (Å²) >= 11 is 0. The molecule has 1 N–H and O–H groups in total. The van der Waals surface area contributed by atoms with Crippen molar-refractivity contribution < 1.29 is 31.4 Å². The van der Waals surface area contributed by atoms with Crippen molar-refractivity contribution in [2.75, 3.05) is 0 Å². The molecule has 0 unspecified atom stereocenters. The third-order valence-electron chi connectivity index (χ3n) is 1.20. The van der Waals surface area contributed by atoms with Crippen LogP contribution in [0.1, 0.15) is 32.3 Å². The molecule has 110 valence electrons. The maximum absolute atomic E-state index is 11.9. The zero-order chi connectivity index (χ0) is 15.5. The number of alkyl halides is 6. The fourth-order valence-corrected chi connectivity index (χ4v) is 0.653. The van der Waals surface area contributed by atoms with Gasteiger partial charge >= 0.3 is 12.4 Å². The van der Waals surface area contributed by atoms with Gasteiger partial charge in [0.05, 0.1) is 5.60 Å². The van der Waals surface area contributed by atoms with Crippen LogP contribution in [0.25, 0.3) is 0 Å². The number of halogens is 6. The summed E-state index contributed by atoms with van der Waals surface area (Å²) in [5, 5.41) is 8.52. The van der Waals surface area contributed by atoms with Crippen LogP contribution < -0.4 is 0 Å². The molecular weight excluding hydrogens is 278 g/mol. The molecule has 0 bridgehead atoms. The van der Waals surface area contributed by atoms with Crippen LogP contribution >= 0.6 is 0 Å². The smallest absolute Gasteiger partial charge is 0.391 e. The largest absolute Gasteiger partial charge is 0.451 e. The van der Waals surface area contributed by atoms with Gasteiger partial charge in [-0.2, -0.15) is 26.3 Å².